The second-order valence-electron chi connectivity index (χ2n) is 9.25. The minimum Gasteiger partial charge on any atom is -0.491 e. The van der Waals surface area contributed by atoms with E-state index in [4.69, 9.17) is 13.9 Å². The van der Waals surface area contributed by atoms with Crippen molar-refractivity contribution in [3.8, 4) is 5.75 Å². The largest absolute Gasteiger partial charge is 0.491 e. The molecule has 1 atom stereocenters. The van der Waals surface area contributed by atoms with Gasteiger partial charge in [-0.2, -0.15) is 0 Å². The van der Waals surface area contributed by atoms with E-state index in [2.05, 4.69) is 25.5 Å². The van der Waals surface area contributed by atoms with Crippen molar-refractivity contribution in [2.75, 3.05) is 54.5 Å². The lowest BCUT2D eigenvalue weighted by Crippen LogP contribution is -2.43. The third-order valence-corrected chi connectivity index (χ3v) is 6.80. The predicted molar refractivity (Wildman–Crippen MR) is 135 cm³/mol. The van der Waals surface area contributed by atoms with E-state index in [0.717, 1.165) is 56.9 Å². The van der Waals surface area contributed by atoms with E-state index in [0.29, 0.717) is 30.2 Å². The molecule has 11 heteroatoms. The number of pyridine rings is 1. The Morgan fingerprint density at radius 3 is 2.95 bits per heavy atom. The van der Waals surface area contributed by atoms with E-state index in [1.165, 1.54) is 11.1 Å². The van der Waals surface area contributed by atoms with Crippen molar-refractivity contribution in [3.05, 3.63) is 59.7 Å². The lowest BCUT2D eigenvalue weighted by molar-refractivity contribution is 0.0679. The van der Waals surface area contributed by atoms with Crippen LogP contribution in [0.3, 0.4) is 0 Å². The first-order chi connectivity index (χ1) is 18.2. The van der Waals surface area contributed by atoms with Crippen LogP contribution >= 0.6 is 0 Å². The standard InChI is InChI=1S/C26H28N6O5/c33-24(30-21-13-28-6-5-22(21)31-9-7-27-8-10-31)23-14-29-26(37-23)32-15-17-3-4-18(12-20(17)25(32)34)36-16-19-2-1-11-35-19/h3-6,12-14,19,27H,1-2,7-11,15-16H2,(H,30,33). The molecule has 11 nitrogen and oxygen atoms in total. The maximum absolute atomic E-state index is 13.1. The molecule has 2 N–H and O–H groups in total. The second kappa shape index (κ2) is 10.2. The average molecular weight is 505 g/mol. The first kappa shape index (κ1) is 23.4. The lowest BCUT2D eigenvalue weighted by Gasteiger charge is -2.30. The van der Waals surface area contributed by atoms with Gasteiger partial charge in [0.05, 0.1) is 36.4 Å². The van der Waals surface area contributed by atoms with Crippen LogP contribution in [0.5, 0.6) is 5.75 Å². The summed E-state index contributed by atoms with van der Waals surface area (Å²) in [5.74, 6) is -0.0834. The molecule has 1 unspecified atom stereocenters. The molecule has 5 heterocycles. The van der Waals surface area contributed by atoms with Gasteiger partial charge in [0, 0.05) is 44.5 Å². The fourth-order valence-electron chi connectivity index (χ4n) is 4.83. The molecule has 0 bridgehead atoms. The summed E-state index contributed by atoms with van der Waals surface area (Å²) in [4.78, 5) is 38.1. The highest BCUT2D eigenvalue weighted by Gasteiger charge is 2.33. The number of piperazine rings is 1. The Bertz CT molecular complexity index is 1300. The maximum atomic E-state index is 13.1. The van der Waals surface area contributed by atoms with Gasteiger partial charge in [0.1, 0.15) is 12.4 Å². The second-order valence-corrected chi connectivity index (χ2v) is 9.25. The molecule has 2 amide bonds. The number of anilines is 3. The Hall–Kier alpha value is -3.96. The van der Waals surface area contributed by atoms with Crippen LogP contribution in [0, 0.1) is 0 Å². The van der Waals surface area contributed by atoms with Crippen LogP contribution in [0.4, 0.5) is 17.4 Å². The van der Waals surface area contributed by atoms with E-state index in [9.17, 15) is 9.59 Å². The molecule has 1 aromatic carbocycles. The van der Waals surface area contributed by atoms with Gasteiger partial charge in [-0.05, 0) is 36.6 Å². The first-order valence-corrected chi connectivity index (χ1v) is 12.5. The molecule has 2 aromatic heterocycles. The van der Waals surface area contributed by atoms with Crippen LogP contribution in [-0.2, 0) is 11.3 Å². The van der Waals surface area contributed by atoms with Gasteiger partial charge in [0.2, 0.25) is 5.76 Å². The Morgan fingerprint density at radius 1 is 1.22 bits per heavy atom. The Morgan fingerprint density at radius 2 is 2.11 bits per heavy atom. The zero-order valence-electron chi connectivity index (χ0n) is 20.3. The molecule has 6 rings (SSSR count). The summed E-state index contributed by atoms with van der Waals surface area (Å²) in [5.41, 5.74) is 2.86. The fraction of sp³-hybridized carbons (Fsp3) is 0.385. The molecule has 0 spiro atoms. The van der Waals surface area contributed by atoms with E-state index >= 15 is 0 Å². The molecule has 3 aliphatic heterocycles. The average Bonchev–Trinajstić information content (AvgIpc) is 3.69. The highest BCUT2D eigenvalue weighted by molar-refractivity contribution is 6.09. The molecule has 192 valence electrons. The third-order valence-electron chi connectivity index (χ3n) is 6.80. The Kier molecular flexibility index (Phi) is 6.46. The van der Waals surface area contributed by atoms with Crippen LogP contribution in [0.15, 0.2) is 47.3 Å². The minimum atomic E-state index is -0.461. The van der Waals surface area contributed by atoms with E-state index < -0.39 is 5.91 Å². The van der Waals surface area contributed by atoms with Crippen LogP contribution < -0.4 is 25.2 Å². The number of ether oxygens (including phenoxy) is 2. The molecule has 37 heavy (non-hydrogen) atoms. The number of rotatable bonds is 7. The van der Waals surface area contributed by atoms with Crippen molar-refractivity contribution in [2.45, 2.75) is 25.5 Å². The summed E-state index contributed by atoms with van der Waals surface area (Å²) in [6, 6.07) is 7.41. The zero-order chi connectivity index (χ0) is 25.2. The van der Waals surface area contributed by atoms with Crippen LogP contribution in [0.2, 0.25) is 0 Å². The van der Waals surface area contributed by atoms with Gasteiger partial charge in [-0.1, -0.05) is 6.07 Å². The highest BCUT2D eigenvalue weighted by atomic mass is 16.5. The maximum Gasteiger partial charge on any atom is 0.305 e. The topological polar surface area (TPSA) is 122 Å². The summed E-state index contributed by atoms with van der Waals surface area (Å²) in [7, 11) is 0. The van der Waals surface area contributed by atoms with Gasteiger partial charge < -0.3 is 29.4 Å². The summed E-state index contributed by atoms with van der Waals surface area (Å²) in [5, 5.41) is 6.19. The van der Waals surface area contributed by atoms with Crippen molar-refractivity contribution < 1.29 is 23.5 Å². The van der Waals surface area contributed by atoms with E-state index in [1.807, 2.05) is 18.2 Å². The number of carbonyl (C=O) groups excluding carboxylic acids is 2. The van der Waals surface area contributed by atoms with Gasteiger partial charge in [0.15, 0.2) is 0 Å². The van der Waals surface area contributed by atoms with E-state index in [-0.39, 0.29) is 23.8 Å². The number of oxazole rings is 1. The van der Waals surface area contributed by atoms with Crippen molar-refractivity contribution in [1.29, 1.82) is 0 Å². The van der Waals surface area contributed by atoms with Crippen molar-refractivity contribution in [2.24, 2.45) is 0 Å². The van der Waals surface area contributed by atoms with Gasteiger partial charge >= 0.3 is 6.01 Å². The number of benzene rings is 1. The summed E-state index contributed by atoms with van der Waals surface area (Å²) in [6.45, 7) is 4.93. The number of hydrogen-bond acceptors (Lipinski definition) is 9. The SMILES string of the molecule is O=C(Nc1cnccc1N1CCNCC1)c1cnc(N2Cc3ccc(OCC4CCCO4)cc3C2=O)o1. The fourth-order valence-corrected chi connectivity index (χ4v) is 4.83. The molecule has 0 radical (unpaired) electrons. The number of amides is 2. The van der Waals surface area contributed by atoms with Crippen LogP contribution in [-0.4, -0.2) is 67.3 Å². The number of carbonyl (C=O) groups is 2. The smallest absolute Gasteiger partial charge is 0.305 e. The summed E-state index contributed by atoms with van der Waals surface area (Å²) in [6.07, 6.45) is 6.77. The van der Waals surface area contributed by atoms with Crippen molar-refractivity contribution >= 4 is 29.2 Å². The van der Waals surface area contributed by atoms with Gasteiger partial charge in [-0.3, -0.25) is 19.5 Å². The number of aromatic nitrogens is 2. The van der Waals surface area contributed by atoms with E-state index in [1.54, 1.807) is 18.5 Å². The monoisotopic (exact) mass is 504 g/mol. The predicted octanol–water partition coefficient (Wildman–Crippen LogP) is 2.45. The number of nitrogens with one attached hydrogen (secondary N) is 2. The third kappa shape index (κ3) is 4.87. The van der Waals surface area contributed by atoms with Crippen molar-refractivity contribution in [1.82, 2.24) is 15.3 Å². The number of nitrogens with zero attached hydrogens (tertiary/aromatic N) is 4. The first-order valence-electron chi connectivity index (χ1n) is 12.5. The normalized spacial score (nSPS) is 19.2. The lowest BCUT2D eigenvalue weighted by atomic mass is 10.1. The van der Waals surface area contributed by atoms with Crippen LogP contribution in [0.25, 0.3) is 0 Å². The Balaban J connectivity index is 1.13. The minimum absolute atomic E-state index is 0.00876. The van der Waals surface area contributed by atoms with Crippen LogP contribution in [0.1, 0.15) is 39.3 Å². The molecule has 3 aromatic rings. The molecule has 0 saturated carbocycles. The van der Waals surface area contributed by atoms with Gasteiger partial charge in [-0.15, -0.1) is 0 Å². The van der Waals surface area contributed by atoms with Gasteiger partial charge in [0.25, 0.3) is 11.8 Å². The van der Waals surface area contributed by atoms with Gasteiger partial charge in [-0.25, -0.2) is 4.98 Å². The Labute approximate surface area is 213 Å². The number of fused-ring (bicyclic) bond motifs is 1. The molecule has 2 saturated heterocycles. The quantitative estimate of drug-likeness (QED) is 0.500. The number of hydrogen-bond donors (Lipinski definition) is 2. The van der Waals surface area contributed by atoms with Crippen molar-refractivity contribution in [3.63, 3.8) is 0 Å². The molecular formula is C26H28N6O5. The zero-order valence-corrected chi connectivity index (χ0v) is 20.3. The summed E-state index contributed by atoms with van der Waals surface area (Å²) < 4.78 is 17.2. The molecule has 2 fully saturated rings. The molecular weight excluding hydrogens is 476 g/mol. The molecule has 3 aliphatic rings. The summed E-state index contributed by atoms with van der Waals surface area (Å²) >= 11 is 0. The highest BCUT2D eigenvalue weighted by Crippen LogP contribution is 2.31. The molecule has 0 aliphatic carbocycles.